The maximum Gasteiger partial charge on any atom is 0.357 e. The highest BCUT2D eigenvalue weighted by Crippen LogP contribution is 2.29. The van der Waals surface area contributed by atoms with Crippen LogP contribution in [0.1, 0.15) is 10.5 Å². The van der Waals surface area contributed by atoms with Gasteiger partial charge in [-0.05, 0) is 18.4 Å². The summed E-state index contributed by atoms with van der Waals surface area (Å²) in [5.41, 5.74) is 1.31. The number of anilines is 2. The van der Waals surface area contributed by atoms with E-state index in [1.54, 1.807) is 17.1 Å². The van der Waals surface area contributed by atoms with Crippen LogP contribution in [0.15, 0.2) is 34.5 Å². The monoisotopic (exact) mass is 280 g/mol. The number of ether oxygens (including phenoxy) is 1. The second kappa shape index (κ2) is 5.88. The average molecular weight is 280 g/mol. The van der Waals surface area contributed by atoms with Crippen molar-refractivity contribution >= 4 is 39.9 Å². The topological polar surface area (TPSA) is 51.2 Å². The summed E-state index contributed by atoms with van der Waals surface area (Å²) in [5, 5.41) is 5.56. The molecule has 2 rings (SSSR count). The summed E-state index contributed by atoms with van der Waals surface area (Å²) in [4.78, 5) is 16.6. The quantitative estimate of drug-likeness (QED) is 0.687. The highest BCUT2D eigenvalue weighted by molar-refractivity contribution is 7.98. The lowest BCUT2D eigenvalue weighted by atomic mass is 10.3. The Labute approximate surface area is 113 Å². The van der Waals surface area contributed by atoms with E-state index in [1.165, 1.54) is 18.4 Å². The second-order valence-electron chi connectivity index (χ2n) is 3.35. The summed E-state index contributed by atoms with van der Waals surface area (Å²) in [6, 6.07) is 7.95. The van der Waals surface area contributed by atoms with Crippen LogP contribution in [0.2, 0.25) is 0 Å². The van der Waals surface area contributed by atoms with Crippen LogP contribution in [0, 0.1) is 0 Å². The first-order valence-corrected chi connectivity index (χ1v) is 7.29. The Balaban J connectivity index is 2.19. The summed E-state index contributed by atoms with van der Waals surface area (Å²) in [7, 11) is 1.35. The first kappa shape index (κ1) is 12.9. The first-order chi connectivity index (χ1) is 8.74. The van der Waals surface area contributed by atoms with Crippen LogP contribution in [-0.4, -0.2) is 24.3 Å². The van der Waals surface area contributed by atoms with E-state index in [4.69, 9.17) is 0 Å². The fourth-order valence-electron chi connectivity index (χ4n) is 1.39. The van der Waals surface area contributed by atoms with Gasteiger partial charge in [0.25, 0.3) is 0 Å². The molecule has 0 saturated heterocycles. The van der Waals surface area contributed by atoms with Gasteiger partial charge >= 0.3 is 5.97 Å². The molecule has 0 aliphatic heterocycles. The molecule has 94 valence electrons. The van der Waals surface area contributed by atoms with Gasteiger partial charge in [-0.25, -0.2) is 9.78 Å². The molecule has 18 heavy (non-hydrogen) atoms. The molecule has 0 radical (unpaired) electrons. The molecule has 0 unspecified atom stereocenters. The number of nitrogens with zero attached hydrogens (tertiary/aromatic N) is 1. The largest absolute Gasteiger partial charge is 0.464 e. The molecule has 1 aromatic heterocycles. The molecule has 1 heterocycles. The van der Waals surface area contributed by atoms with Crippen molar-refractivity contribution in [1.82, 2.24) is 4.98 Å². The predicted molar refractivity (Wildman–Crippen MR) is 75.0 cm³/mol. The summed E-state index contributed by atoms with van der Waals surface area (Å²) < 4.78 is 4.62. The highest BCUT2D eigenvalue weighted by Gasteiger charge is 2.11. The zero-order valence-corrected chi connectivity index (χ0v) is 11.6. The van der Waals surface area contributed by atoms with E-state index in [0.29, 0.717) is 10.8 Å². The van der Waals surface area contributed by atoms with Crippen molar-refractivity contribution in [3.8, 4) is 0 Å². The number of nitrogens with one attached hydrogen (secondary N) is 1. The Bertz CT molecular complexity index is 555. The van der Waals surface area contributed by atoms with Crippen LogP contribution >= 0.6 is 23.1 Å². The summed E-state index contributed by atoms with van der Waals surface area (Å²) in [6.07, 6.45) is 2.02. The molecule has 0 spiro atoms. The van der Waals surface area contributed by atoms with Gasteiger partial charge in [0.1, 0.15) is 0 Å². The number of esters is 1. The maximum atomic E-state index is 11.3. The zero-order valence-electron chi connectivity index (χ0n) is 9.97. The number of thiazole rings is 1. The second-order valence-corrected chi connectivity index (χ2v) is 5.06. The molecule has 0 aliphatic carbocycles. The Kier molecular flexibility index (Phi) is 4.22. The number of aromatic nitrogens is 1. The van der Waals surface area contributed by atoms with Gasteiger partial charge in [-0.1, -0.05) is 12.1 Å². The van der Waals surface area contributed by atoms with Crippen molar-refractivity contribution in [2.45, 2.75) is 4.90 Å². The number of rotatable bonds is 4. The Morgan fingerprint density at radius 3 is 2.94 bits per heavy atom. The van der Waals surface area contributed by atoms with Crippen molar-refractivity contribution in [3.63, 3.8) is 0 Å². The third-order valence-corrected chi connectivity index (χ3v) is 3.80. The van der Waals surface area contributed by atoms with Crippen molar-refractivity contribution in [2.24, 2.45) is 0 Å². The van der Waals surface area contributed by atoms with Gasteiger partial charge in [0.2, 0.25) is 0 Å². The van der Waals surface area contributed by atoms with E-state index in [-0.39, 0.29) is 0 Å². The van der Waals surface area contributed by atoms with Gasteiger partial charge in [-0.15, -0.1) is 23.1 Å². The third kappa shape index (κ3) is 2.83. The third-order valence-electron chi connectivity index (χ3n) is 2.25. The molecule has 0 aliphatic rings. The summed E-state index contributed by atoms with van der Waals surface area (Å²) >= 11 is 3.03. The van der Waals surface area contributed by atoms with Crippen LogP contribution in [0.3, 0.4) is 0 Å². The molecule has 0 saturated carbocycles. The predicted octanol–water partition coefficient (Wildman–Crippen LogP) is 3.40. The van der Waals surface area contributed by atoms with E-state index >= 15 is 0 Å². The summed E-state index contributed by atoms with van der Waals surface area (Å²) in [5.74, 6) is -0.419. The Hall–Kier alpha value is -1.53. The molecule has 0 fully saturated rings. The lowest BCUT2D eigenvalue weighted by Crippen LogP contribution is -2.01. The van der Waals surface area contributed by atoms with E-state index in [2.05, 4.69) is 15.0 Å². The number of thioether (sulfide) groups is 1. The molecular formula is C12H12N2O2S2. The minimum absolute atomic E-state index is 0.326. The van der Waals surface area contributed by atoms with E-state index in [9.17, 15) is 4.79 Å². The van der Waals surface area contributed by atoms with Crippen LogP contribution in [-0.2, 0) is 4.74 Å². The maximum absolute atomic E-state index is 11.3. The summed E-state index contributed by atoms with van der Waals surface area (Å²) in [6.45, 7) is 0. The smallest absolute Gasteiger partial charge is 0.357 e. The molecule has 1 aromatic carbocycles. The standard InChI is InChI=1S/C12H12N2O2S2/c1-16-11(15)9-7-18-12(14-9)13-8-5-3-4-6-10(8)17-2/h3-7H,1-2H3,(H,13,14). The van der Waals surface area contributed by atoms with Crippen LogP contribution < -0.4 is 5.32 Å². The van der Waals surface area contributed by atoms with Gasteiger partial charge in [-0.2, -0.15) is 0 Å². The normalized spacial score (nSPS) is 10.1. The fourth-order valence-corrected chi connectivity index (χ4v) is 2.64. The number of methoxy groups -OCH3 is 1. The lowest BCUT2D eigenvalue weighted by Gasteiger charge is -2.06. The van der Waals surface area contributed by atoms with Crippen LogP contribution in [0.4, 0.5) is 10.8 Å². The molecule has 6 heteroatoms. The molecule has 0 bridgehead atoms. The van der Waals surface area contributed by atoms with Crippen LogP contribution in [0.25, 0.3) is 0 Å². The molecule has 2 aromatic rings. The number of hydrogen-bond donors (Lipinski definition) is 1. The SMILES string of the molecule is COC(=O)c1csc(Nc2ccccc2SC)n1. The minimum atomic E-state index is -0.419. The highest BCUT2D eigenvalue weighted by atomic mass is 32.2. The van der Waals surface area contributed by atoms with Crippen molar-refractivity contribution in [1.29, 1.82) is 0 Å². The van der Waals surface area contributed by atoms with E-state index in [0.717, 1.165) is 10.6 Å². The van der Waals surface area contributed by atoms with E-state index < -0.39 is 5.97 Å². The van der Waals surface area contributed by atoms with E-state index in [1.807, 2.05) is 30.5 Å². The van der Waals surface area contributed by atoms with Gasteiger partial charge in [0, 0.05) is 10.3 Å². The van der Waals surface area contributed by atoms with Crippen molar-refractivity contribution in [3.05, 3.63) is 35.3 Å². The number of hydrogen-bond acceptors (Lipinski definition) is 6. The van der Waals surface area contributed by atoms with Gasteiger partial charge in [0.05, 0.1) is 12.8 Å². The number of benzene rings is 1. The average Bonchev–Trinajstić information content (AvgIpc) is 2.87. The van der Waals surface area contributed by atoms with Gasteiger partial charge < -0.3 is 10.1 Å². The van der Waals surface area contributed by atoms with Gasteiger partial charge in [-0.3, -0.25) is 0 Å². The Morgan fingerprint density at radius 1 is 1.44 bits per heavy atom. The lowest BCUT2D eigenvalue weighted by molar-refractivity contribution is 0.0595. The van der Waals surface area contributed by atoms with Crippen molar-refractivity contribution < 1.29 is 9.53 Å². The molecule has 0 atom stereocenters. The Morgan fingerprint density at radius 2 is 2.22 bits per heavy atom. The number of carbonyl (C=O) groups is 1. The molecule has 0 amide bonds. The molecule has 4 nitrogen and oxygen atoms in total. The minimum Gasteiger partial charge on any atom is -0.464 e. The van der Waals surface area contributed by atoms with Crippen molar-refractivity contribution in [2.75, 3.05) is 18.7 Å². The number of carbonyl (C=O) groups excluding carboxylic acids is 1. The molecular weight excluding hydrogens is 268 g/mol. The fraction of sp³-hybridized carbons (Fsp3) is 0.167. The zero-order chi connectivity index (χ0) is 13.0. The van der Waals surface area contributed by atoms with Crippen LogP contribution in [0.5, 0.6) is 0 Å². The molecule has 1 N–H and O–H groups in total. The number of para-hydroxylation sites is 1. The van der Waals surface area contributed by atoms with Gasteiger partial charge in [0.15, 0.2) is 10.8 Å². The first-order valence-electron chi connectivity index (χ1n) is 5.18.